The van der Waals surface area contributed by atoms with Gasteiger partial charge < -0.3 is 0 Å². The van der Waals surface area contributed by atoms with Crippen LogP contribution in [0.4, 0.5) is 0 Å². The molecule has 3 heteroatoms. The van der Waals surface area contributed by atoms with Crippen LogP contribution >= 0.6 is 11.3 Å². The predicted octanol–water partition coefficient (Wildman–Crippen LogP) is 7.65. The molecule has 0 spiro atoms. The fourth-order valence-electron chi connectivity index (χ4n) is 5.76. The van der Waals surface area contributed by atoms with Gasteiger partial charge in [0.1, 0.15) is 0 Å². The summed E-state index contributed by atoms with van der Waals surface area (Å²) >= 11 is 1.96. The van der Waals surface area contributed by atoms with Gasteiger partial charge in [-0.05, 0) is 68.7 Å². The van der Waals surface area contributed by atoms with Crippen LogP contribution in [-0.4, -0.2) is 13.1 Å². The van der Waals surface area contributed by atoms with Crippen molar-refractivity contribution in [1.29, 1.82) is 0 Å². The molecule has 0 atom stereocenters. The SMILES string of the molecule is Cc1c([Si](C)(c2ccccc2)c2ccccc2)sc2c(-c3cc(C(C)C)c4ccccc4c3)nccc12. The van der Waals surface area contributed by atoms with E-state index < -0.39 is 8.07 Å². The predicted molar refractivity (Wildman–Crippen MR) is 165 cm³/mol. The molecule has 0 fully saturated rings. The van der Waals surface area contributed by atoms with Gasteiger partial charge in [0, 0.05) is 16.3 Å². The average molecular weight is 514 g/mol. The number of hydrogen-bond donors (Lipinski definition) is 0. The van der Waals surface area contributed by atoms with Crippen LogP contribution in [0.5, 0.6) is 0 Å². The van der Waals surface area contributed by atoms with Gasteiger partial charge in [0.25, 0.3) is 0 Å². The molecule has 1 nitrogen and oxygen atoms in total. The van der Waals surface area contributed by atoms with Gasteiger partial charge in [-0.2, -0.15) is 0 Å². The van der Waals surface area contributed by atoms with Gasteiger partial charge in [-0.15, -0.1) is 11.3 Å². The highest BCUT2D eigenvalue weighted by atomic mass is 32.1. The molecule has 0 saturated heterocycles. The van der Waals surface area contributed by atoms with Crippen LogP contribution in [0.3, 0.4) is 0 Å². The summed E-state index contributed by atoms with van der Waals surface area (Å²) in [4.78, 5) is 4.99. The van der Waals surface area contributed by atoms with Crippen molar-refractivity contribution in [3.8, 4) is 11.3 Å². The molecule has 0 amide bonds. The zero-order valence-corrected chi connectivity index (χ0v) is 23.6. The van der Waals surface area contributed by atoms with Crippen LogP contribution in [0.2, 0.25) is 6.55 Å². The zero-order chi connectivity index (χ0) is 25.6. The van der Waals surface area contributed by atoms with E-state index in [4.69, 9.17) is 4.98 Å². The fourth-order valence-corrected chi connectivity index (χ4v) is 12.1. The molecule has 4 aromatic carbocycles. The van der Waals surface area contributed by atoms with E-state index in [9.17, 15) is 0 Å². The number of aryl methyl sites for hydroxylation is 1. The Balaban J connectivity index is 1.63. The molecule has 0 unspecified atom stereocenters. The summed E-state index contributed by atoms with van der Waals surface area (Å²) < 4.78 is 2.81. The maximum absolute atomic E-state index is 4.99. The maximum Gasteiger partial charge on any atom is 0.157 e. The van der Waals surface area contributed by atoms with Crippen LogP contribution < -0.4 is 14.9 Å². The molecule has 2 heterocycles. The van der Waals surface area contributed by atoms with Crippen molar-refractivity contribution in [2.75, 3.05) is 0 Å². The van der Waals surface area contributed by atoms with Gasteiger partial charge in [-0.1, -0.05) is 105 Å². The van der Waals surface area contributed by atoms with Crippen LogP contribution in [0, 0.1) is 6.92 Å². The maximum atomic E-state index is 4.99. The van der Waals surface area contributed by atoms with E-state index in [0.29, 0.717) is 5.92 Å². The van der Waals surface area contributed by atoms with E-state index >= 15 is 0 Å². The quantitative estimate of drug-likeness (QED) is 0.216. The van der Waals surface area contributed by atoms with Crippen molar-refractivity contribution < 1.29 is 0 Å². The third-order valence-electron chi connectivity index (χ3n) is 7.80. The van der Waals surface area contributed by atoms with E-state index in [1.807, 2.05) is 17.5 Å². The van der Waals surface area contributed by atoms with Gasteiger partial charge >= 0.3 is 0 Å². The Bertz CT molecular complexity index is 1680. The van der Waals surface area contributed by atoms with Crippen LogP contribution in [0.15, 0.2) is 109 Å². The highest BCUT2D eigenvalue weighted by molar-refractivity contribution is 7.36. The molecule has 0 aliphatic heterocycles. The van der Waals surface area contributed by atoms with Crippen LogP contribution in [0.25, 0.3) is 32.1 Å². The van der Waals surface area contributed by atoms with Crippen molar-refractivity contribution in [3.63, 3.8) is 0 Å². The zero-order valence-electron chi connectivity index (χ0n) is 21.8. The summed E-state index contributed by atoms with van der Waals surface area (Å²) in [5, 5.41) is 6.83. The first-order valence-electron chi connectivity index (χ1n) is 13.0. The van der Waals surface area contributed by atoms with Crippen molar-refractivity contribution in [2.24, 2.45) is 0 Å². The molecule has 2 aromatic heterocycles. The summed E-state index contributed by atoms with van der Waals surface area (Å²) in [5.74, 6) is 0.441. The Morgan fingerprint density at radius 3 is 2.00 bits per heavy atom. The molecule has 0 bridgehead atoms. The minimum atomic E-state index is -2.21. The Morgan fingerprint density at radius 2 is 1.35 bits per heavy atom. The second kappa shape index (κ2) is 9.40. The molecule has 0 N–H and O–H groups in total. The lowest BCUT2D eigenvalue weighted by atomic mass is 9.92. The normalized spacial score (nSPS) is 12.0. The number of hydrogen-bond acceptors (Lipinski definition) is 2. The Kier molecular flexibility index (Phi) is 6.06. The minimum Gasteiger partial charge on any atom is -0.255 e. The molecule has 0 aliphatic carbocycles. The monoisotopic (exact) mass is 513 g/mol. The largest absolute Gasteiger partial charge is 0.255 e. The average Bonchev–Trinajstić information content (AvgIpc) is 3.29. The topological polar surface area (TPSA) is 12.9 Å². The second-order valence-electron chi connectivity index (χ2n) is 10.4. The number of fused-ring (bicyclic) bond motifs is 2. The van der Waals surface area contributed by atoms with Gasteiger partial charge in [0.05, 0.1) is 10.4 Å². The van der Waals surface area contributed by atoms with E-state index in [2.05, 4.69) is 130 Å². The molecule has 182 valence electrons. The highest BCUT2D eigenvalue weighted by Gasteiger charge is 2.37. The Morgan fingerprint density at radius 1 is 0.730 bits per heavy atom. The number of benzene rings is 4. The lowest BCUT2D eigenvalue weighted by molar-refractivity contribution is 0.876. The summed E-state index contributed by atoms with van der Waals surface area (Å²) in [6, 6.07) is 37.9. The van der Waals surface area contributed by atoms with Crippen LogP contribution in [-0.2, 0) is 0 Å². The number of thiophene rings is 1. The Hall–Kier alpha value is -3.53. The standard InChI is InChI=1S/C34H31NSSi/c1-23(2)31-22-26(21-25-13-11-12-18-30(25)31)32-33-29(19-20-35-32)24(3)34(36-33)37(4,27-14-7-5-8-15-27)28-16-9-6-10-17-28/h5-23H,1-4H3. The second-order valence-corrected chi connectivity index (χ2v) is 15.7. The van der Waals surface area contributed by atoms with E-state index in [1.165, 1.54) is 52.4 Å². The minimum absolute atomic E-state index is 0.441. The lowest BCUT2D eigenvalue weighted by Crippen LogP contribution is -2.64. The molecule has 6 rings (SSSR count). The van der Waals surface area contributed by atoms with Gasteiger partial charge in [-0.3, -0.25) is 4.98 Å². The lowest BCUT2D eigenvalue weighted by Gasteiger charge is -2.28. The number of aromatic nitrogens is 1. The highest BCUT2D eigenvalue weighted by Crippen LogP contribution is 2.37. The van der Waals surface area contributed by atoms with Gasteiger partial charge in [-0.25, -0.2) is 0 Å². The summed E-state index contributed by atoms with van der Waals surface area (Å²) in [6.07, 6.45) is 2.00. The first-order chi connectivity index (χ1) is 18.0. The van der Waals surface area contributed by atoms with Gasteiger partial charge in [0.15, 0.2) is 8.07 Å². The summed E-state index contributed by atoms with van der Waals surface area (Å²) in [7, 11) is -2.21. The molecular formula is C34H31NSSi. The van der Waals surface area contributed by atoms with Crippen LogP contribution in [0.1, 0.15) is 30.9 Å². The number of pyridine rings is 1. The fraction of sp³-hybridized carbons (Fsp3) is 0.147. The third kappa shape index (κ3) is 3.94. The molecule has 0 saturated carbocycles. The van der Waals surface area contributed by atoms with E-state index in [0.717, 1.165) is 5.69 Å². The Labute approximate surface area is 224 Å². The van der Waals surface area contributed by atoms with Crippen molar-refractivity contribution in [3.05, 3.63) is 120 Å². The van der Waals surface area contributed by atoms with Crippen molar-refractivity contribution in [1.82, 2.24) is 4.98 Å². The number of rotatable bonds is 5. The number of nitrogens with zero attached hydrogens (tertiary/aromatic N) is 1. The first kappa shape index (κ1) is 23.8. The van der Waals surface area contributed by atoms with Crippen molar-refractivity contribution >= 4 is 55.1 Å². The summed E-state index contributed by atoms with van der Waals surface area (Å²) in [5.41, 5.74) is 5.09. The third-order valence-corrected chi connectivity index (χ3v) is 14.7. The molecule has 37 heavy (non-hydrogen) atoms. The summed E-state index contributed by atoms with van der Waals surface area (Å²) in [6.45, 7) is 9.39. The molecule has 0 radical (unpaired) electrons. The van der Waals surface area contributed by atoms with E-state index in [-0.39, 0.29) is 0 Å². The van der Waals surface area contributed by atoms with E-state index in [1.54, 1.807) is 0 Å². The molecular weight excluding hydrogens is 483 g/mol. The smallest absolute Gasteiger partial charge is 0.157 e. The molecule has 0 aliphatic rings. The first-order valence-corrected chi connectivity index (χ1v) is 16.3. The van der Waals surface area contributed by atoms with Crippen molar-refractivity contribution in [2.45, 2.75) is 33.2 Å². The molecule has 6 aromatic rings. The van der Waals surface area contributed by atoms with Gasteiger partial charge in [0.2, 0.25) is 0 Å².